The van der Waals surface area contributed by atoms with Crippen molar-refractivity contribution >= 4 is 37.2 Å². The molecule has 2 aromatic heterocycles. The van der Waals surface area contributed by atoms with E-state index in [2.05, 4.69) is 21.4 Å². The third kappa shape index (κ3) is 3.32. The Hall–Kier alpha value is -4.15. The van der Waals surface area contributed by atoms with Crippen molar-refractivity contribution in [1.82, 2.24) is 20.0 Å². The van der Waals surface area contributed by atoms with Crippen LogP contribution in [0.3, 0.4) is 0 Å². The van der Waals surface area contributed by atoms with Gasteiger partial charge in [0.1, 0.15) is 6.07 Å². The second-order valence-electron chi connectivity index (χ2n) is 7.95. The number of nitriles is 1. The molecule has 0 atom stereocenters. The van der Waals surface area contributed by atoms with Crippen LogP contribution in [0.1, 0.15) is 11.3 Å². The first-order valence-corrected chi connectivity index (χ1v) is 10.1. The molecule has 0 bridgehead atoms. The van der Waals surface area contributed by atoms with Crippen molar-refractivity contribution in [3.63, 3.8) is 0 Å². The molecule has 0 saturated heterocycles. The normalized spacial score (nSPS) is 11.7. The molecule has 3 aromatic carbocycles. The Kier molecular flexibility index (Phi) is 4.69. The first-order chi connectivity index (χ1) is 15.8. The van der Waals surface area contributed by atoms with Gasteiger partial charge in [0.05, 0.1) is 44.2 Å². The zero-order chi connectivity index (χ0) is 23.3. The molecule has 0 fully saturated rings. The smallest absolute Gasteiger partial charge is 0.272 e. The first-order valence-electron chi connectivity index (χ1n) is 10.1. The van der Waals surface area contributed by atoms with E-state index in [-0.39, 0.29) is 11.3 Å². The van der Waals surface area contributed by atoms with Gasteiger partial charge < -0.3 is 5.73 Å². The van der Waals surface area contributed by atoms with Gasteiger partial charge in [-0.1, -0.05) is 42.5 Å². The van der Waals surface area contributed by atoms with Gasteiger partial charge in [0.25, 0.3) is 5.56 Å². The van der Waals surface area contributed by atoms with Crippen molar-refractivity contribution in [1.29, 1.82) is 5.26 Å². The van der Waals surface area contributed by atoms with E-state index < -0.39 is 5.34 Å². The minimum atomic E-state index is -1.74. The van der Waals surface area contributed by atoms with Crippen LogP contribution in [0.5, 0.6) is 0 Å². The summed E-state index contributed by atoms with van der Waals surface area (Å²) in [6.07, 6.45) is 1.72. The Bertz CT molecular complexity index is 1660. The number of rotatable bonds is 3. The van der Waals surface area contributed by atoms with Crippen LogP contribution in [-0.4, -0.2) is 35.7 Å². The van der Waals surface area contributed by atoms with Crippen LogP contribution in [0, 0.1) is 11.3 Å². The Morgan fingerprint density at radius 2 is 1.85 bits per heavy atom. The van der Waals surface area contributed by atoms with Crippen molar-refractivity contribution in [2.24, 2.45) is 12.8 Å². The largest absolute Gasteiger partial charge is 0.336 e. The fraction of sp³-hybridized carbons (Fsp3) is 0.0833. The number of aromatic amines is 1. The molecule has 7 nitrogen and oxygen atoms in total. The molecule has 3 N–H and O–H groups in total. The maximum atomic E-state index is 12.3. The maximum absolute atomic E-state index is 12.3. The van der Waals surface area contributed by atoms with E-state index in [1.165, 1.54) is 0 Å². The standard InChI is InChI=1S/C24H16B2N6O/c1-32-21(16-8-6-13-4-2-3-5-15(13)19(16)11-27)20(12-29-32)14-7-9-17-18(10-14)22(24(25,26)28)30-31-23(17)33/h2-10,12H,28H2,1H3,(H,31,33). The van der Waals surface area contributed by atoms with Gasteiger partial charge in [-0.05, 0) is 28.4 Å². The van der Waals surface area contributed by atoms with Crippen molar-refractivity contribution in [2.75, 3.05) is 0 Å². The lowest BCUT2D eigenvalue weighted by atomic mass is 9.60. The van der Waals surface area contributed by atoms with E-state index in [4.69, 9.17) is 21.4 Å². The van der Waals surface area contributed by atoms with Gasteiger partial charge in [-0.15, -0.1) is 0 Å². The van der Waals surface area contributed by atoms with Crippen LogP contribution in [0.4, 0.5) is 0 Å². The fourth-order valence-corrected chi connectivity index (χ4v) is 4.22. The highest BCUT2D eigenvalue weighted by atomic mass is 16.1. The predicted octanol–water partition coefficient (Wildman–Crippen LogP) is 2.42. The number of nitrogens with two attached hydrogens (primary N) is 1. The summed E-state index contributed by atoms with van der Waals surface area (Å²) in [6, 6.07) is 19.2. The van der Waals surface area contributed by atoms with E-state index >= 15 is 0 Å². The number of H-pyrrole nitrogens is 1. The zero-order valence-electron chi connectivity index (χ0n) is 17.7. The van der Waals surface area contributed by atoms with Crippen molar-refractivity contribution in [3.05, 3.63) is 82.4 Å². The first kappa shape index (κ1) is 20.7. The van der Waals surface area contributed by atoms with E-state index in [0.29, 0.717) is 16.3 Å². The lowest BCUT2D eigenvalue weighted by Crippen LogP contribution is -2.39. The zero-order valence-corrected chi connectivity index (χ0v) is 17.7. The number of hydrogen-bond donors (Lipinski definition) is 2. The number of hydrogen-bond acceptors (Lipinski definition) is 5. The summed E-state index contributed by atoms with van der Waals surface area (Å²) in [6.45, 7) is 0. The molecule has 0 saturated carbocycles. The fourth-order valence-electron chi connectivity index (χ4n) is 4.22. The number of fused-ring (bicyclic) bond motifs is 2. The van der Waals surface area contributed by atoms with Crippen LogP contribution >= 0.6 is 0 Å². The summed E-state index contributed by atoms with van der Waals surface area (Å²) in [5.74, 6) is 0. The number of aromatic nitrogens is 4. The van der Waals surface area contributed by atoms with E-state index in [1.807, 2.05) is 43.4 Å². The third-order valence-electron chi connectivity index (χ3n) is 5.74. The molecular weight excluding hydrogens is 410 g/mol. The second-order valence-corrected chi connectivity index (χ2v) is 7.95. The van der Waals surface area contributed by atoms with Crippen LogP contribution in [0.2, 0.25) is 0 Å². The van der Waals surface area contributed by atoms with Crippen LogP contribution in [-0.2, 0) is 12.4 Å². The van der Waals surface area contributed by atoms with Gasteiger partial charge in [-0.25, -0.2) is 5.10 Å². The molecule has 0 aliphatic carbocycles. The Morgan fingerprint density at radius 1 is 1.06 bits per heavy atom. The molecule has 0 aliphatic rings. The molecule has 33 heavy (non-hydrogen) atoms. The summed E-state index contributed by atoms with van der Waals surface area (Å²) in [7, 11) is 13.6. The van der Waals surface area contributed by atoms with Crippen LogP contribution in [0.15, 0.2) is 65.6 Å². The third-order valence-corrected chi connectivity index (χ3v) is 5.74. The molecule has 154 valence electrons. The highest BCUT2D eigenvalue weighted by Gasteiger charge is 2.22. The van der Waals surface area contributed by atoms with Crippen molar-refractivity contribution < 1.29 is 0 Å². The quantitative estimate of drug-likeness (QED) is 0.431. The minimum absolute atomic E-state index is 0.160. The molecular formula is C24H16B2N6O. The van der Waals surface area contributed by atoms with Gasteiger partial charge in [0.2, 0.25) is 0 Å². The van der Waals surface area contributed by atoms with Crippen molar-refractivity contribution in [2.45, 2.75) is 5.34 Å². The molecule has 0 unspecified atom stereocenters. The van der Waals surface area contributed by atoms with Gasteiger partial charge in [-0.2, -0.15) is 15.5 Å². The van der Waals surface area contributed by atoms with E-state index in [1.54, 1.807) is 29.1 Å². The summed E-state index contributed by atoms with van der Waals surface area (Å²) in [4.78, 5) is 12.3. The number of nitrogens with one attached hydrogen (secondary N) is 1. The molecule has 2 heterocycles. The van der Waals surface area contributed by atoms with Gasteiger partial charge in [0, 0.05) is 28.9 Å². The average molecular weight is 426 g/mol. The van der Waals surface area contributed by atoms with Gasteiger partial charge >= 0.3 is 0 Å². The predicted molar refractivity (Wildman–Crippen MR) is 130 cm³/mol. The van der Waals surface area contributed by atoms with Crippen LogP contribution < -0.4 is 11.3 Å². The average Bonchev–Trinajstić information content (AvgIpc) is 3.18. The minimum Gasteiger partial charge on any atom is -0.336 e. The number of nitrogens with zero attached hydrogens (tertiary/aromatic N) is 4. The summed E-state index contributed by atoms with van der Waals surface area (Å²) in [5, 5.41) is 21.7. The second kappa shape index (κ2) is 7.47. The molecule has 5 rings (SSSR count). The van der Waals surface area contributed by atoms with Gasteiger partial charge in [0.15, 0.2) is 0 Å². The molecule has 0 spiro atoms. The summed E-state index contributed by atoms with van der Waals surface area (Å²) >= 11 is 0. The summed E-state index contributed by atoms with van der Waals surface area (Å²) < 4.78 is 1.72. The highest BCUT2D eigenvalue weighted by Crippen LogP contribution is 2.37. The molecule has 4 radical (unpaired) electrons. The van der Waals surface area contributed by atoms with Gasteiger partial charge in [-0.3, -0.25) is 9.48 Å². The van der Waals surface area contributed by atoms with Crippen molar-refractivity contribution in [3.8, 4) is 28.5 Å². The Morgan fingerprint density at radius 3 is 2.61 bits per heavy atom. The number of aryl methyl sites for hydroxylation is 1. The lowest BCUT2D eigenvalue weighted by molar-refractivity contribution is 0.776. The topological polar surface area (TPSA) is 113 Å². The Labute approximate surface area is 191 Å². The maximum Gasteiger partial charge on any atom is 0.272 e. The molecule has 5 aromatic rings. The molecule has 0 amide bonds. The molecule has 9 heteroatoms. The van der Waals surface area contributed by atoms with E-state index in [9.17, 15) is 10.1 Å². The Balaban J connectivity index is 1.79. The SMILES string of the molecule is [B]C([B])(N)c1n[nH]c(=O)c2ccc(-c3cnn(C)c3-c3ccc4ccccc4c3C#N)cc12. The lowest BCUT2D eigenvalue weighted by Gasteiger charge is -2.20. The highest BCUT2D eigenvalue weighted by molar-refractivity contribution is 6.40. The number of benzene rings is 3. The summed E-state index contributed by atoms with van der Waals surface area (Å²) in [5.41, 5.74) is 9.27. The van der Waals surface area contributed by atoms with E-state index in [0.717, 1.165) is 33.2 Å². The monoisotopic (exact) mass is 426 g/mol. The van der Waals surface area contributed by atoms with Crippen LogP contribution in [0.25, 0.3) is 43.9 Å². The molecule has 0 aliphatic heterocycles.